The van der Waals surface area contributed by atoms with Crippen molar-refractivity contribution in [2.45, 2.75) is 30.6 Å². The van der Waals surface area contributed by atoms with Crippen molar-refractivity contribution in [1.29, 1.82) is 0 Å². The summed E-state index contributed by atoms with van der Waals surface area (Å²) in [5.41, 5.74) is 0.168. The third-order valence-electron chi connectivity index (χ3n) is 3.70. The summed E-state index contributed by atoms with van der Waals surface area (Å²) in [6.45, 7) is 1.08. The van der Waals surface area contributed by atoms with Gasteiger partial charge in [-0.2, -0.15) is 0 Å². The number of primary sulfonamides is 1. The highest BCUT2D eigenvalue weighted by molar-refractivity contribution is 7.89. The van der Waals surface area contributed by atoms with E-state index >= 15 is 0 Å². The number of amides is 1. The number of nitrogens with two attached hydrogens (primary N) is 1. The quantitative estimate of drug-likeness (QED) is 0.819. The lowest BCUT2D eigenvalue weighted by Gasteiger charge is -2.19. The van der Waals surface area contributed by atoms with Gasteiger partial charge in [0.2, 0.25) is 10.0 Å². The summed E-state index contributed by atoms with van der Waals surface area (Å²) < 4.78 is 27.3. The first-order valence-corrected chi connectivity index (χ1v) is 9.00. The van der Waals surface area contributed by atoms with Gasteiger partial charge >= 0.3 is 5.97 Å². The molecule has 0 spiro atoms. The van der Waals surface area contributed by atoms with E-state index in [0.29, 0.717) is 13.1 Å². The van der Waals surface area contributed by atoms with Crippen molar-refractivity contribution < 1.29 is 22.7 Å². The lowest BCUT2D eigenvalue weighted by atomic mass is 10.2. The number of benzene rings is 1. The van der Waals surface area contributed by atoms with E-state index in [2.05, 4.69) is 0 Å². The Morgan fingerprint density at radius 2 is 1.61 bits per heavy atom. The van der Waals surface area contributed by atoms with E-state index in [4.69, 9.17) is 9.88 Å². The number of carbonyl (C=O) groups excluding carboxylic acids is 2. The summed E-state index contributed by atoms with van der Waals surface area (Å²) in [6, 6.07) is 5.06. The molecule has 0 saturated carbocycles. The van der Waals surface area contributed by atoms with Gasteiger partial charge in [0.15, 0.2) is 6.61 Å². The van der Waals surface area contributed by atoms with Crippen LogP contribution in [0.25, 0.3) is 0 Å². The van der Waals surface area contributed by atoms with E-state index in [9.17, 15) is 18.0 Å². The molecule has 1 aliphatic rings. The Labute approximate surface area is 135 Å². The highest BCUT2D eigenvalue weighted by atomic mass is 32.2. The van der Waals surface area contributed by atoms with E-state index < -0.39 is 16.0 Å². The first-order valence-electron chi connectivity index (χ1n) is 7.46. The van der Waals surface area contributed by atoms with Gasteiger partial charge in [-0.25, -0.2) is 18.4 Å². The molecule has 0 radical (unpaired) electrons. The second-order valence-corrected chi connectivity index (χ2v) is 7.00. The molecule has 126 valence electrons. The van der Waals surface area contributed by atoms with E-state index in [-0.39, 0.29) is 23.0 Å². The molecule has 1 aromatic rings. The lowest BCUT2D eigenvalue weighted by Crippen LogP contribution is -2.35. The van der Waals surface area contributed by atoms with Crippen LogP contribution in [0.3, 0.4) is 0 Å². The van der Waals surface area contributed by atoms with E-state index in [1.165, 1.54) is 24.3 Å². The predicted molar refractivity (Wildman–Crippen MR) is 83.1 cm³/mol. The van der Waals surface area contributed by atoms with Crippen LogP contribution in [0.1, 0.15) is 36.0 Å². The molecule has 1 aliphatic heterocycles. The van der Waals surface area contributed by atoms with Gasteiger partial charge in [-0.05, 0) is 37.1 Å². The molecule has 1 heterocycles. The molecule has 0 atom stereocenters. The number of ether oxygens (including phenoxy) is 1. The molecule has 1 saturated heterocycles. The van der Waals surface area contributed by atoms with Gasteiger partial charge in [0.1, 0.15) is 0 Å². The molecule has 8 heteroatoms. The van der Waals surface area contributed by atoms with Crippen molar-refractivity contribution in [3.63, 3.8) is 0 Å². The summed E-state index contributed by atoms with van der Waals surface area (Å²) in [5.74, 6) is -0.879. The Balaban J connectivity index is 1.90. The van der Waals surface area contributed by atoms with E-state index in [1.807, 2.05) is 0 Å². The Morgan fingerprint density at radius 3 is 2.13 bits per heavy atom. The highest BCUT2D eigenvalue weighted by Gasteiger charge is 2.18. The van der Waals surface area contributed by atoms with Crippen molar-refractivity contribution in [2.75, 3.05) is 19.7 Å². The maximum atomic E-state index is 12.0. The van der Waals surface area contributed by atoms with Gasteiger partial charge in [0.25, 0.3) is 5.91 Å². The number of likely N-dealkylation sites (tertiary alicyclic amines) is 1. The van der Waals surface area contributed by atoms with Crippen LogP contribution in [0, 0.1) is 0 Å². The van der Waals surface area contributed by atoms with E-state index in [1.54, 1.807) is 4.90 Å². The molecule has 7 nitrogen and oxygen atoms in total. The molecule has 2 rings (SSSR count). The van der Waals surface area contributed by atoms with Crippen LogP contribution in [0.5, 0.6) is 0 Å². The first-order chi connectivity index (χ1) is 10.9. The Morgan fingerprint density at radius 1 is 1.04 bits per heavy atom. The molecule has 1 amide bonds. The number of sulfonamides is 1. The van der Waals surface area contributed by atoms with Crippen LogP contribution < -0.4 is 5.14 Å². The summed E-state index contributed by atoms with van der Waals surface area (Å²) in [6.07, 6.45) is 4.16. The smallest absolute Gasteiger partial charge is 0.338 e. The zero-order valence-corrected chi connectivity index (χ0v) is 13.5. The Hall–Kier alpha value is -1.93. The third kappa shape index (κ3) is 5.04. The molecular weight excluding hydrogens is 320 g/mol. The number of rotatable bonds is 4. The second-order valence-electron chi connectivity index (χ2n) is 5.44. The minimum Gasteiger partial charge on any atom is -0.452 e. The SMILES string of the molecule is NS(=O)(=O)c1ccc(C(=O)OCC(=O)N2CCCCCC2)cc1. The van der Waals surface area contributed by atoms with Gasteiger partial charge in [0.05, 0.1) is 10.5 Å². The Kier molecular flexibility index (Phi) is 5.73. The van der Waals surface area contributed by atoms with Crippen molar-refractivity contribution in [2.24, 2.45) is 5.14 Å². The summed E-state index contributed by atoms with van der Waals surface area (Å²) >= 11 is 0. The van der Waals surface area contributed by atoms with Crippen LogP contribution in [-0.4, -0.2) is 44.9 Å². The van der Waals surface area contributed by atoms with Crippen LogP contribution in [0.2, 0.25) is 0 Å². The van der Waals surface area contributed by atoms with Crippen molar-refractivity contribution >= 4 is 21.9 Å². The predicted octanol–water partition coefficient (Wildman–Crippen LogP) is 0.893. The van der Waals surface area contributed by atoms with Gasteiger partial charge in [-0.1, -0.05) is 12.8 Å². The number of hydrogen-bond acceptors (Lipinski definition) is 5. The fourth-order valence-electron chi connectivity index (χ4n) is 2.40. The summed E-state index contributed by atoms with van der Waals surface area (Å²) in [4.78, 5) is 25.5. The molecule has 1 fully saturated rings. The van der Waals surface area contributed by atoms with Gasteiger partial charge in [0, 0.05) is 13.1 Å². The maximum Gasteiger partial charge on any atom is 0.338 e. The number of hydrogen-bond donors (Lipinski definition) is 1. The fourth-order valence-corrected chi connectivity index (χ4v) is 2.92. The van der Waals surface area contributed by atoms with Crippen molar-refractivity contribution in [3.05, 3.63) is 29.8 Å². The van der Waals surface area contributed by atoms with Crippen LogP contribution in [0.15, 0.2) is 29.2 Å². The fraction of sp³-hybridized carbons (Fsp3) is 0.467. The number of nitrogens with zero attached hydrogens (tertiary/aromatic N) is 1. The van der Waals surface area contributed by atoms with Crippen molar-refractivity contribution in [3.8, 4) is 0 Å². The summed E-state index contributed by atoms with van der Waals surface area (Å²) in [7, 11) is -3.80. The minimum atomic E-state index is -3.80. The van der Waals surface area contributed by atoms with Gasteiger partial charge < -0.3 is 9.64 Å². The third-order valence-corrected chi connectivity index (χ3v) is 4.63. The second kappa shape index (κ2) is 7.56. The normalized spacial score (nSPS) is 15.8. The summed E-state index contributed by atoms with van der Waals surface area (Å²) in [5, 5.41) is 4.98. The molecule has 0 bridgehead atoms. The monoisotopic (exact) mass is 340 g/mol. The maximum absolute atomic E-state index is 12.0. The molecule has 1 aromatic carbocycles. The Bertz CT molecular complexity index is 662. The standard InChI is InChI=1S/C15H20N2O5S/c16-23(20,21)13-7-5-12(6-8-13)15(19)22-11-14(18)17-9-3-1-2-4-10-17/h5-8H,1-4,9-11H2,(H2,16,20,21). The average Bonchev–Trinajstić information content (AvgIpc) is 2.81. The molecule has 0 aromatic heterocycles. The molecule has 0 unspecified atom stereocenters. The highest BCUT2D eigenvalue weighted by Crippen LogP contribution is 2.11. The number of esters is 1. The van der Waals surface area contributed by atoms with Crippen LogP contribution in [-0.2, 0) is 19.6 Å². The molecule has 23 heavy (non-hydrogen) atoms. The van der Waals surface area contributed by atoms with Gasteiger partial charge in [-0.3, -0.25) is 4.79 Å². The van der Waals surface area contributed by atoms with E-state index in [0.717, 1.165) is 25.7 Å². The molecule has 2 N–H and O–H groups in total. The topological polar surface area (TPSA) is 107 Å². The number of carbonyl (C=O) groups is 2. The van der Waals surface area contributed by atoms with Crippen LogP contribution >= 0.6 is 0 Å². The first kappa shape index (κ1) is 17.4. The zero-order valence-electron chi connectivity index (χ0n) is 12.7. The largest absolute Gasteiger partial charge is 0.452 e. The average molecular weight is 340 g/mol. The van der Waals surface area contributed by atoms with Crippen molar-refractivity contribution in [1.82, 2.24) is 4.90 Å². The molecular formula is C15H20N2O5S. The minimum absolute atomic E-state index is 0.0882. The lowest BCUT2D eigenvalue weighted by molar-refractivity contribution is -0.134. The zero-order chi connectivity index (χ0) is 16.9. The van der Waals surface area contributed by atoms with Crippen LogP contribution in [0.4, 0.5) is 0 Å². The van der Waals surface area contributed by atoms with Gasteiger partial charge in [-0.15, -0.1) is 0 Å². The molecule has 0 aliphatic carbocycles.